The Labute approximate surface area is 195 Å². The molecule has 2 aromatic heterocycles. The van der Waals surface area contributed by atoms with E-state index in [4.69, 9.17) is 27.9 Å². The number of fused-ring (bicyclic) bond motifs is 1. The number of hydrogen-bond donors (Lipinski definition) is 2. The van der Waals surface area contributed by atoms with Crippen molar-refractivity contribution in [2.75, 3.05) is 31.3 Å². The lowest BCUT2D eigenvalue weighted by Gasteiger charge is -2.11. The minimum absolute atomic E-state index is 0.150. The predicted molar refractivity (Wildman–Crippen MR) is 125 cm³/mol. The smallest absolute Gasteiger partial charge is 0.258 e. The monoisotopic (exact) mass is 482 g/mol. The number of benzene rings is 1. The van der Waals surface area contributed by atoms with Crippen molar-refractivity contribution in [3.8, 4) is 5.75 Å². The molecule has 0 bridgehead atoms. The van der Waals surface area contributed by atoms with Crippen molar-refractivity contribution in [1.29, 1.82) is 0 Å². The van der Waals surface area contributed by atoms with Gasteiger partial charge in [0.25, 0.3) is 5.91 Å². The van der Waals surface area contributed by atoms with Gasteiger partial charge in [0.1, 0.15) is 11.6 Å². The number of aromatic nitrogens is 4. The van der Waals surface area contributed by atoms with Crippen LogP contribution in [-0.4, -0.2) is 51.6 Å². The number of anilines is 1. The number of hydrogen-bond acceptors (Lipinski definition) is 7. The molecule has 0 saturated carbocycles. The Morgan fingerprint density at radius 1 is 1.29 bits per heavy atom. The first-order valence-electron chi connectivity index (χ1n) is 9.73. The van der Waals surface area contributed by atoms with Gasteiger partial charge in [0.05, 0.1) is 23.2 Å². The Hall–Kier alpha value is -2.23. The Bertz CT molecular complexity index is 1060. The third kappa shape index (κ3) is 6.38. The van der Waals surface area contributed by atoms with E-state index in [0.29, 0.717) is 40.0 Å². The molecule has 1 aromatic carbocycles. The van der Waals surface area contributed by atoms with E-state index in [1.807, 2.05) is 6.26 Å². The van der Waals surface area contributed by atoms with Gasteiger partial charge in [-0.1, -0.05) is 48.8 Å². The number of nitrogens with one attached hydrogen (secondary N) is 2. The summed E-state index contributed by atoms with van der Waals surface area (Å²) in [7, 11) is 0. The first-order chi connectivity index (χ1) is 14.9. The number of halogens is 2. The minimum atomic E-state index is -0.263. The van der Waals surface area contributed by atoms with Gasteiger partial charge in [0.2, 0.25) is 0 Å². The molecule has 0 aliphatic rings. The van der Waals surface area contributed by atoms with E-state index in [0.717, 1.165) is 23.4 Å². The van der Waals surface area contributed by atoms with Crippen LogP contribution in [0.4, 0.5) is 5.82 Å². The summed E-state index contributed by atoms with van der Waals surface area (Å²) in [5, 5.41) is 13.0. The van der Waals surface area contributed by atoms with Crippen LogP contribution in [0.3, 0.4) is 0 Å². The SMILES string of the molecule is CSc1nc(NCC(C)C)c2cnn(CCNC(=O)COc3ccc(Cl)cc3Cl)c2n1. The summed E-state index contributed by atoms with van der Waals surface area (Å²) >= 11 is 13.4. The van der Waals surface area contributed by atoms with Gasteiger partial charge in [0, 0.05) is 18.1 Å². The van der Waals surface area contributed by atoms with E-state index in [1.165, 1.54) is 11.8 Å². The highest BCUT2D eigenvalue weighted by atomic mass is 35.5. The summed E-state index contributed by atoms with van der Waals surface area (Å²) in [5.74, 6) is 1.40. The third-order valence-corrected chi connectivity index (χ3v) is 5.31. The van der Waals surface area contributed by atoms with E-state index in [1.54, 1.807) is 29.1 Å². The fourth-order valence-corrected chi connectivity index (χ4v) is 3.54. The summed E-state index contributed by atoms with van der Waals surface area (Å²) in [4.78, 5) is 21.3. The highest BCUT2D eigenvalue weighted by Crippen LogP contribution is 2.27. The van der Waals surface area contributed by atoms with Crippen molar-refractivity contribution in [2.45, 2.75) is 25.5 Å². The standard InChI is InChI=1S/C20H24Cl2N6O2S/c1-12(2)9-24-18-14-10-25-28(19(14)27-20(26-18)31-3)7-6-23-17(29)11-30-16-5-4-13(21)8-15(16)22/h4-5,8,10,12H,6-7,9,11H2,1-3H3,(H,23,29)(H,24,26,27). The second-order valence-corrected chi connectivity index (χ2v) is 8.77. The number of nitrogens with zero attached hydrogens (tertiary/aromatic N) is 4. The number of carbonyl (C=O) groups is 1. The van der Waals surface area contributed by atoms with Crippen LogP contribution in [0.1, 0.15) is 13.8 Å². The molecule has 0 unspecified atom stereocenters. The molecule has 0 aliphatic carbocycles. The molecule has 0 aliphatic heterocycles. The first-order valence-corrected chi connectivity index (χ1v) is 11.7. The number of rotatable bonds is 10. The maximum Gasteiger partial charge on any atom is 0.258 e. The topological polar surface area (TPSA) is 94.0 Å². The van der Waals surface area contributed by atoms with Gasteiger partial charge in [-0.15, -0.1) is 0 Å². The lowest BCUT2D eigenvalue weighted by molar-refractivity contribution is -0.123. The molecule has 8 nitrogen and oxygen atoms in total. The number of carbonyl (C=O) groups excluding carboxylic acids is 1. The van der Waals surface area contributed by atoms with E-state index < -0.39 is 0 Å². The molecule has 2 N–H and O–H groups in total. The van der Waals surface area contributed by atoms with Gasteiger partial charge in [-0.3, -0.25) is 4.79 Å². The lowest BCUT2D eigenvalue weighted by atomic mass is 10.2. The molecule has 0 atom stereocenters. The third-order valence-electron chi connectivity index (χ3n) is 4.23. The van der Waals surface area contributed by atoms with Gasteiger partial charge in [0.15, 0.2) is 17.4 Å². The number of thioether (sulfide) groups is 1. The van der Waals surface area contributed by atoms with Crippen LogP contribution in [0.5, 0.6) is 5.75 Å². The molecular formula is C20H24Cl2N6O2S. The average molecular weight is 483 g/mol. The van der Waals surface area contributed by atoms with E-state index in [9.17, 15) is 4.79 Å². The zero-order valence-electron chi connectivity index (χ0n) is 17.5. The van der Waals surface area contributed by atoms with Crippen molar-refractivity contribution in [1.82, 2.24) is 25.1 Å². The van der Waals surface area contributed by atoms with Gasteiger partial charge >= 0.3 is 0 Å². The van der Waals surface area contributed by atoms with Crippen LogP contribution in [0.2, 0.25) is 10.0 Å². The number of ether oxygens (including phenoxy) is 1. The fourth-order valence-electron chi connectivity index (χ4n) is 2.71. The first kappa shape index (κ1) is 23.4. The minimum Gasteiger partial charge on any atom is -0.482 e. The average Bonchev–Trinajstić information content (AvgIpc) is 3.14. The molecule has 31 heavy (non-hydrogen) atoms. The highest BCUT2D eigenvalue weighted by molar-refractivity contribution is 7.98. The second kappa shape index (κ2) is 10.9. The maximum absolute atomic E-state index is 12.1. The summed E-state index contributed by atoms with van der Waals surface area (Å²) < 4.78 is 7.21. The summed E-state index contributed by atoms with van der Waals surface area (Å²) in [6.45, 7) is 5.77. The lowest BCUT2D eigenvalue weighted by Crippen LogP contribution is -2.31. The summed E-state index contributed by atoms with van der Waals surface area (Å²) in [6.07, 6.45) is 3.68. The normalized spacial score (nSPS) is 11.2. The van der Waals surface area contributed by atoms with Gasteiger partial charge in [-0.2, -0.15) is 5.10 Å². The fraction of sp³-hybridized carbons (Fsp3) is 0.400. The molecule has 2 heterocycles. The molecule has 3 aromatic rings. The predicted octanol–water partition coefficient (Wildman–Crippen LogP) is 4.12. The Balaban J connectivity index is 1.59. The maximum atomic E-state index is 12.1. The van der Waals surface area contributed by atoms with Gasteiger partial charge < -0.3 is 15.4 Å². The van der Waals surface area contributed by atoms with Crippen LogP contribution >= 0.6 is 35.0 Å². The van der Waals surface area contributed by atoms with Crippen LogP contribution in [-0.2, 0) is 11.3 Å². The summed E-state index contributed by atoms with van der Waals surface area (Å²) in [5.41, 5.74) is 0.726. The molecule has 0 spiro atoms. The van der Waals surface area contributed by atoms with Crippen molar-refractivity contribution >= 4 is 57.7 Å². The molecule has 11 heteroatoms. The van der Waals surface area contributed by atoms with E-state index >= 15 is 0 Å². The highest BCUT2D eigenvalue weighted by Gasteiger charge is 2.13. The van der Waals surface area contributed by atoms with Crippen LogP contribution in [0, 0.1) is 5.92 Å². The Kier molecular flexibility index (Phi) is 8.22. The quantitative estimate of drug-likeness (QED) is 0.331. The van der Waals surface area contributed by atoms with Crippen LogP contribution < -0.4 is 15.4 Å². The Morgan fingerprint density at radius 3 is 2.81 bits per heavy atom. The molecular weight excluding hydrogens is 459 g/mol. The zero-order chi connectivity index (χ0) is 22.4. The zero-order valence-corrected chi connectivity index (χ0v) is 19.8. The molecule has 3 rings (SSSR count). The van der Waals surface area contributed by atoms with Gasteiger partial charge in [-0.05, 0) is 30.4 Å². The van der Waals surface area contributed by atoms with Crippen molar-refractivity contribution in [2.24, 2.45) is 5.92 Å². The van der Waals surface area contributed by atoms with Gasteiger partial charge in [-0.25, -0.2) is 14.6 Å². The largest absolute Gasteiger partial charge is 0.482 e. The second-order valence-electron chi connectivity index (χ2n) is 7.15. The molecule has 0 radical (unpaired) electrons. The molecule has 166 valence electrons. The number of amides is 1. The molecule has 0 saturated heterocycles. The van der Waals surface area contributed by atoms with E-state index in [2.05, 4.69) is 39.5 Å². The molecule has 1 amide bonds. The van der Waals surface area contributed by atoms with E-state index in [-0.39, 0.29) is 12.5 Å². The van der Waals surface area contributed by atoms with Crippen molar-refractivity contribution in [3.05, 3.63) is 34.4 Å². The van der Waals surface area contributed by atoms with Crippen molar-refractivity contribution < 1.29 is 9.53 Å². The molecule has 0 fully saturated rings. The van der Waals surface area contributed by atoms with Crippen LogP contribution in [0.15, 0.2) is 29.6 Å². The summed E-state index contributed by atoms with van der Waals surface area (Å²) in [6, 6.07) is 4.84. The van der Waals surface area contributed by atoms with Crippen LogP contribution in [0.25, 0.3) is 11.0 Å². The Morgan fingerprint density at radius 2 is 2.10 bits per heavy atom. The van der Waals surface area contributed by atoms with Crippen molar-refractivity contribution in [3.63, 3.8) is 0 Å².